The van der Waals surface area contributed by atoms with Crippen molar-refractivity contribution in [3.63, 3.8) is 0 Å². The predicted octanol–water partition coefficient (Wildman–Crippen LogP) is 5.44. The molecule has 0 aromatic heterocycles. The molecule has 2 amide bonds. The molecule has 1 aliphatic heterocycles. The van der Waals surface area contributed by atoms with Crippen molar-refractivity contribution in [2.24, 2.45) is 0 Å². The molecule has 2 aliphatic rings. The average molecular weight is 499 g/mol. The van der Waals surface area contributed by atoms with Crippen LogP contribution in [0.5, 0.6) is 11.5 Å². The van der Waals surface area contributed by atoms with Crippen LogP contribution in [0.4, 0.5) is 5.69 Å². The highest BCUT2D eigenvalue weighted by atomic mass is 16.5. The van der Waals surface area contributed by atoms with Gasteiger partial charge in [-0.25, -0.2) is 0 Å². The summed E-state index contributed by atoms with van der Waals surface area (Å²) in [7, 11) is 0. The third-order valence-corrected chi connectivity index (χ3v) is 6.96. The van der Waals surface area contributed by atoms with E-state index >= 15 is 0 Å². The number of carbonyl (C=O) groups excluding carboxylic acids is 3. The lowest BCUT2D eigenvalue weighted by Gasteiger charge is -2.36. The second-order valence-corrected chi connectivity index (χ2v) is 9.45. The molecule has 0 fully saturated rings. The number of anilines is 1. The van der Waals surface area contributed by atoms with Crippen molar-refractivity contribution in [3.8, 4) is 11.5 Å². The van der Waals surface area contributed by atoms with Crippen LogP contribution in [0.3, 0.4) is 0 Å². The van der Waals surface area contributed by atoms with Crippen molar-refractivity contribution in [3.05, 3.63) is 89.0 Å². The number of para-hydroxylation sites is 1. The van der Waals surface area contributed by atoms with Crippen LogP contribution >= 0.6 is 0 Å². The van der Waals surface area contributed by atoms with Gasteiger partial charge in [-0.05, 0) is 67.1 Å². The second kappa shape index (κ2) is 10.5. The molecule has 7 nitrogen and oxygen atoms in total. The van der Waals surface area contributed by atoms with Gasteiger partial charge in [-0.15, -0.1) is 0 Å². The second-order valence-electron chi connectivity index (χ2n) is 9.45. The summed E-state index contributed by atoms with van der Waals surface area (Å²) in [5, 5.41) is 2.90. The van der Waals surface area contributed by atoms with E-state index in [0.29, 0.717) is 24.4 Å². The van der Waals surface area contributed by atoms with E-state index in [1.165, 1.54) is 18.1 Å². The van der Waals surface area contributed by atoms with E-state index in [1.807, 2.05) is 30.0 Å². The summed E-state index contributed by atoms with van der Waals surface area (Å²) in [6, 6.07) is 20.3. The van der Waals surface area contributed by atoms with Crippen molar-refractivity contribution in [2.45, 2.75) is 58.2 Å². The first-order chi connectivity index (χ1) is 17.9. The fraction of sp³-hybridized carbons (Fsp3) is 0.300. The number of fused-ring (bicyclic) bond motifs is 2. The molecule has 0 spiro atoms. The summed E-state index contributed by atoms with van der Waals surface area (Å²) in [5.74, 6) is -0.0654. The maximum absolute atomic E-state index is 13.6. The summed E-state index contributed by atoms with van der Waals surface area (Å²) >= 11 is 0. The Kier molecular flexibility index (Phi) is 6.95. The van der Waals surface area contributed by atoms with E-state index in [9.17, 15) is 14.4 Å². The molecule has 190 valence electrons. The van der Waals surface area contributed by atoms with Crippen LogP contribution in [0.1, 0.15) is 66.2 Å². The minimum atomic E-state index is -0.564. The summed E-state index contributed by atoms with van der Waals surface area (Å²) in [5.41, 5.74) is 4.14. The lowest BCUT2D eigenvalue weighted by molar-refractivity contribution is -0.141. The highest BCUT2D eigenvalue weighted by Gasteiger charge is 2.36. The first-order valence-corrected chi connectivity index (χ1v) is 12.7. The highest BCUT2D eigenvalue weighted by Crippen LogP contribution is 2.39. The average Bonchev–Trinajstić information content (AvgIpc) is 3.04. The number of nitrogens with zero attached hydrogens (tertiary/aromatic N) is 1. The Balaban J connectivity index is 1.45. The predicted molar refractivity (Wildman–Crippen MR) is 140 cm³/mol. The molecule has 0 unspecified atom stereocenters. The van der Waals surface area contributed by atoms with Crippen LogP contribution in [-0.4, -0.2) is 28.8 Å². The zero-order valence-corrected chi connectivity index (χ0v) is 21.0. The third kappa shape index (κ3) is 5.07. The molecule has 1 heterocycles. The van der Waals surface area contributed by atoms with E-state index in [1.54, 1.807) is 36.4 Å². The quantitative estimate of drug-likeness (QED) is 0.374. The smallest absolute Gasteiger partial charge is 0.308 e. The lowest BCUT2D eigenvalue weighted by Crippen LogP contribution is -2.42. The SMILES string of the molecule is CC[C@H]1Oc2ccc(NC(=O)c3ccccc3OC(C)=O)cc2CN([C@@H]2CCCc3ccccc32)C1=O. The van der Waals surface area contributed by atoms with Gasteiger partial charge in [0.15, 0.2) is 6.10 Å². The minimum absolute atomic E-state index is 0.0127. The zero-order valence-electron chi connectivity index (χ0n) is 21.0. The zero-order chi connectivity index (χ0) is 25.9. The summed E-state index contributed by atoms with van der Waals surface area (Å²) in [6.45, 7) is 3.63. The fourth-order valence-corrected chi connectivity index (χ4v) is 5.22. The van der Waals surface area contributed by atoms with Gasteiger partial charge in [-0.3, -0.25) is 14.4 Å². The molecule has 0 bridgehead atoms. The lowest BCUT2D eigenvalue weighted by atomic mass is 9.86. The van der Waals surface area contributed by atoms with Crippen molar-refractivity contribution in [2.75, 3.05) is 5.32 Å². The van der Waals surface area contributed by atoms with Gasteiger partial charge in [-0.2, -0.15) is 0 Å². The molecule has 3 aromatic carbocycles. The molecule has 0 saturated carbocycles. The maximum Gasteiger partial charge on any atom is 0.308 e. The monoisotopic (exact) mass is 498 g/mol. The van der Waals surface area contributed by atoms with Gasteiger partial charge >= 0.3 is 5.97 Å². The van der Waals surface area contributed by atoms with E-state index in [0.717, 1.165) is 24.8 Å². The van der Waals surface area contributed by atoms with Crippen molar-refractivity contribution >= 4 is 23.5 Å². The van der Waals surface area contributed by atoms with Gasteiger partial charge in [0, 0.05) is 18.2 Å². The first-order valence-electron chi connectivity index (χ1n) is 12.7. The number of amides is 2. The number of rotatable bonds is 5. The maximum atomic E-state index is 13.6. The van der Waals surface area contributed by atoms with Gasteiger partial charge < -0.3 is 19.7 Å². The number of aryl methyl sites for hydroxylation is 1. The van der Waals surface area contributed by atoms with Gasteiger partial charge in [-0.1, -0.05) is 43.3 Å². The molecule has 1 N–H and O–H groups in total. The summed E-state index contributed by atoms with van der Waals surface area (Å²) in [6.07, 6.45) is 2.94. The summed E-state index contributed by atoms with van der Waals surface area (Å²) < 4.78 is 11.4. The van der Waals surface area contributed by atoms with E-state index in [-0.39, 0.29) is 23.3 Å². The Morgan fingerprint density at radius 2 is 1.84 bits per heavy atom. The van der Waals surface area contributed by atoms with Gasteiger partial charge in [0.05, 0.1) is 18.2 Å². The van der Waals surface area contributed by atoms with Gasteiger partial charge in [0.25, 0.3) is 11.8 Å². The largest absolute Gasteiger partial charge is 0.480 e. The molecule has 2 atom stereocenters. The molecule has 5 rings (SSSR count). The number of benzene rings is 3. The van der Waals surface area contributed by atoms with E-state index < -0.39 is 18.0 Å². The van der Waals surface area contributed by atoms with Gasteiger partial charge in [0.1, 0.15) is 11.5 Å². The van der Waals surface area contributed by atoms with Crippen LogP contribution < -0.4 is 14.8 Å². The van der Waals surface area contributed by atoms with Crippen LogP contribution in [-0.2, 0) is 22.6 Å². The van der Waals surface area contributed by atoms with Crippen LogP contribution in [0.2, 0.25) is 0 Å². The molecule has 37 heavy (non-hydrogen) atoms. The Morgan fingerprint density at radius 1 is 1.05 bits per heavy atom. The van der Waals surface area contributed by atoms with Crippen LogP contribution in [0, 0.1) is 0 Å². The molecule has 1 aliphatic carbocycles. The van der Waals surface area contributed by atoms with Crippen molar-refractivity contribution < 1.29 is 23.9 Å². The number of carbonyl (C=O) groups is 3. The number of ether oxygens (including phenoxy) is 2. The van der Waals surface area contributed by atoms with Crippen molar-refractivity contribution in [1.29, 1.82) is 0 Å². The minimum Gasteiger partial charge on any atom is -0.480 e. The number of hydrogen-bond acceptors (Lipinski definition) is 5. The standard InChI is InChI=1S/C30H30N2O5/c1-3-26-30(35)32(25-13-8-10-20-9-4-5-11-23(20)25)18-21-17-22(15-16-27(21)37-26)31-29(34)24-12-6-7-14-28(24)36-19(2)33/h4-7,9,11-12,14-17,25-26H,3,8,10,13,18H2,1-2H3,(H,31,34)/t25-,26-/m1/s1. The Labute approximate surface area is 216 Å². The van der Waals surface area contributed by atoms with E-state index in [2.05, 4.69) is 17.4 Å². The normalized spacial score (nSPS) is 18.6. The summed E-state index contributed by atoms with van der Waals surface area (Å²) in [4.78, 5) is 40.1. The number of hydrogen-bond donors (Lipinski definition) is 1. The van der Waals surface area contributed by atoms with Crippen LogP contribution in [0.15, 0.2) is 66.7 Å². The Hall–Kier alpha value is -4.13. The highest BCUT2D eigenvalue weighted by molar-refractivity contribution is 6.06. The molecule has 0 radical (unpaired) electrons. The Bertz CT molecular complexity index is 1350. The topological polar surface area (TPSA) is 84.9 Å². The molecular formula is C30H30N2O5. The van der Waals surface area contributed by atoms with Crippen LogP contribution in [0.25, 0.3) is 0 Å². The molecule has 7 heteroatoms. The Morgan fingerprint density at radius 3 is 2.65 bits per heavy atom. The number of nitrogens with one attached hydrogen (secondary N) is 1. The molecular weight excluding hydrogens is 468 g/mol. The first kappa shape index (κ1) is 24.6. The third-order valence-electron chi connectivity index (χ3n) is 6.96. The van der Waals surface area contributed by atoms with E-state index in [4.69, 9.17) is 9.47 Å². The fourth-order valence-electron chi connectivity index (χ4n) is 5.22. The molecule has 3 aromatic rings. The van der Waals surface area contributed by atoms with Crippen molar-refractivity contribution in [1.82, 2.24) is 4.90 Å². The molecule has 0 saturated heterocycles. The van der Waals surface area contributed by atoms with Gasteiger partial charge in [0.2, 0.25) is 0 Å². The number of esters is 1.